The van der Waals surface area contributed by atoms with Gasteiger partial charge in [0.2, 0.25) is 10.0 Å². The molecule has 3 rings (SSSR count). The molecule has 106 valence electrons. The Morgan fingerprint density at radius 3 is 2.75 bits per heavy atom. The van der Waals surface area contributed by atoms with Gasteiger partial charge in [-0.2, -0.15) is 4.31 Å². The molecule has 0 aliphatic heterocycles. The number of fused-ring (bicyclic) bond motifs is 1. The topological polar surface area (TPSA) is 70.5 Å². The smallest absolute Gasteiger partial charge is 0.244 e. The quantitative estimate of drug-likeness (QED) is 0.904. The fourth-order valence-corrected chi connectivity index (χ4v) is 4.27. The van der Waals surface area contributed by atoms with Crippen molar-refractivity contribution >= 4 is 20.9 Å². The second kappa shape index (κ2) is 5.12. The predicted octanol–water partition coefficient (Wildman–Crippen LogP) is 1.38. The van der Waals surface area contributed by atoms with Gasteiger partial charge >= 0.3 is 0 Å². The van der Waals surface area contributed by atoms with Crippen LogP contribution in [0.1, 0.15) is 12.8 Å². The summed E-state index contributed by atoms with van der Waals surface area (Å²) in [4.78, 5) is 4.46. The van der Waals surface area contributed by atoms with E-state index in [0.717, 1.165) is 12.8 Å². The first kappa shape index (κ1) is 13.5. The van der Waals surface area contributed by atoms with Crippen LogP contribution in [0.2, 0.25) is 0 Å². The summed E-state index contributed by atoms with van der Waals surface area (Å²) >= 11 is 0. The number of sulfonamides is 1. The zero-order valence-corrected chi connectivity index (χ0v) is 11.8. The average Bonchev–Trinajstić information content (AvgIpc) is 3.28. The summed E-state index contributed by atoms with van der Waals surface area (Å²) in [7, 11) is -3.59. The Hall–Kier alpha value is -1.50. The van der Waals surface area contributed by atoms with Gasteiger partial charge in [-0.05, 0) is 37.1 Å². The number of rotatable bonds is 5. The van der Waals surface area contributed by atoms with Crippen LogP contribution in [-0.2, 0) is 10.0 Å². The van der Waals surface area contributed by atoms with Crippen molar-refractivity contribution in [2.45, 2.75) is 23.8 Å². The number of hydrogen-bond acceptors (Lipinski definition) is 4. The third-order valence-electron chi connectivity index (χ3n) is 3.47. The number of aromatic nitrogens is 1. The molecule has 1 saturated carbocycles. The lowest BCUT2D eigenvalue weighted by molar-refractivity contribution is 0.250. The minimum Gasteiger partial charge on any atom is -0.395 e. The van der Waals surface area contributed by atoms with E-state index in [-0.39, 0.29) is 24.1 Å². The van der Waals surface area contributed by atoms with Gasteiger partial charge in [0.1, 0.15) is 0 Å². The zero-order valence-electron chi connectivity index (χ0n) is 10.9. The van der Waals surface area contributed by atoms with Gasteiger partial charge in [-0.3, -0.25) is 4.98 Å². The largest absolute Gasteiger partial charge is 0.395 e. The second-order valence-corrected chi connectivity index (χ2v) is 6.76. The number of nitrogens with zero attached hydrogens (tertiary/aromatic N) is 2. The lowest BCUT2D eigenvalue weighted by Gasteiger charge is -2.21. The van der Waals surface area contributed by atoms with Crippen molar-refractivity contribution in [3.8, 4) is 0 Å². The molecule has 0 amide bonds. The van der Waals surface area contributed by atoms with Gasteiger partial charge in [0.05, 0.1) is 17.0 Å². The van der Waals surface area contributed by atoms with Gasteiger partial charge in [0.15, 0.2) is 0 Å². The van der Waals surface area contributed by atoms with E-state index in [1.54, 1.807) is 36.5 Å². The molecule has 6 heteroatoms. The Kier molecular flexibility index (Phi) is 3.45. The summed E-state index contributed by atoms with van der Waals surface area (Å²) in [6.45, 7) is -0.0254. The lowest BCUT2D eigenvalue weighted by atomic mass is 10.2. The van der Waals surface area contributed by atoms with E-state index in [9.17, 15) is 8.42 Å². The third kappa shape index (κ3) is 2.30. The van der Waals surface area contributed by atoms with Crippen LogP contribution in [0.5, 0.6) is 0 Å². The summed E-state index contributed by atoms with van der Waals surface area (Å²) in [5.74, 6) is 0. The van der Waals surface area contributed by atoms with E-state index < -0.39 is 10.0 Å². The zero-order chi connectivity index (χ0) is 14.2. The number of benzene rings is 1. The Labute approximate surface area is 117 Å². The minimum absolute atomic E-state index is 0.0269. The molecule has 0 bridgehead atoms. The highest BCUT2D eigenvalue weighted by atomic mass is 32.2. The lowest BCUT2D eigenvalue weighted by Crippen LogP contribution is -2.35. The standard InChI is InChI=1S/C14H16N2O3S/c17-10-9-16(11-6-7-11)20(18,19)14-5-1-4-13-12(14)3-2-8-15-13/h1-5,8,11,17H,6-7,9-10H2. The number of pyridine rings is 1. The first-order valence-corrected chi connectivity index (χ1v) is 8.05. The number of aliphatic hydroxyl groups excluding tert-OH is 1. The molecule has 1 aliphatic rings. The molecule has 1 heterocycles. The van der Waals surface area contributed by atoms with Gasteiger partial charge in [0, 0.05) is 24.2 Å². The van der Waals surface area contributed by atoms with E-state index >= 15 is 0 Å². The maximum atomic E-state index is 12.8. The molecule has 1 aromatic heterocycles. The van der Waals surface area contributed by atoms with Crippen molar-refractivity contribution in [3.63, 3.8) is 0 Å². The Bertz CT molecular complexity index is 721. The maximum Gasteiger partial charge on any atom is 0.244 e. The SMILES string of the molecule is O=S(=O)(c1cccc2ncccc12)N(CCO)C1CC1. The van der Waals surface area contributed by atoms with Crippen molar-refractivity contribution in [3.05, 3.63) is 36.5 Å². The molecule has 5 nitrogen and oxygen atoms in total. The van der Waals surface area contributed by atoms with Crippen molar-refractivity contribution < 1.29 is 13.5 Å². The summed E-state index contributed by atoms with van der Waals surface area (Å²) in [5, 5.41) is 9.74. The summed E-state index contributed by atoms with van der Waals surface area (Å²) < 4.78 is 27.0. The van der Waals surface area contributed by atoms with Crippen LogP contribution in [0.3, 0.4) is 0 Å². The summed E-state index contributed by atoms with van der Waals surface area (Å²) in [6, 6.07) is 8.62. The van der Waals surface area contributed by atoms with Crippen molar-refractivity contribution in [2.24, 2.45) is 0 Å². The van der Waals surface area contributed by atoms with Crippen LogP contribution in [0.25, 0.3) is 10.9 Å². The second-order valence-electron chi connectivity index (χ2n) is 4.90. The molecular formula is C14H16N2O3S. The van der Waals surface area contributed by atoms with E-state index in [0.29, 0.717) is 10.9 Å². The van der Waals surface area contributed by atoms with Crippen molar-refractivity contribution in [1.29, 1.82) is 0 Å². The Morgan fingerprint density at radius 1 is 1.25 bits per heavy atom. The van der Waals surface area contributed by atoms with E-state index in [1.165, 1.54) is 4.31 Å². The van der Waals surface area contributed by atoms with Gasteiger partial charge < -0.3 is 5.11 Å². The van der Waals surface area contributed by atoms with Gasteiger partial charge in [-0.25, -0.2) is 8.42 Å². The van der Waals surface area contributed by atoms with Crippen molar-refractivity contribution in [2.75, 3.05) is 13.2 Å². The molecule has 2 aromatic rings. The average molecular weight is 292 g/mol. The number of hydrogen-bond donors (Lipinski definition) is 1. The van der Waals surface area contributed by atoms with Crippen LogP contribution in [0.15, 0.2) is 41.4 Å². The third-order valence-corrected chi connectivity index (χ3v) is 5.48. The summed E-state index contributed by atoms with van der Waals surface area (Å²) in [6.07, 6.45) is 3.37. The van der Waals surface area contributed by atoms with Gasteiger partial charge in [-0.1, -0.05) is 6.07 Å². The van der Waals surface area contributed by atoms with Gasteiger partial charge in [0.25, 0.3) is 0 Å². The van der Waals surface area contributed by atoms with Crippen LogP contribution >= 0.6 is 0 Å². The first-order chi connectivity index (χ1) is 9.64. The fraction of sp³-hybridized carbons (Fsp3) is 0.357. The molecular weight excluding hydrogens is 276 g/mol. The monoisotopic (exact) mass is 292 g/mol. The molecule has 0 spiro atoms. The molecule has 1 aromatic carbocycles. The highest BCUT2D eigenvalue weighted by Gasteiger charge is 2.38. The first-order valence-electron chi connectivity index (χ1n) is 6.61. The highest BCUT2D eigenvalue weighted by molar-refractivity contribution is 7.89. The molecule has 20 heavy (non-hydrogen) atoms. The molecule has 0 radical (unpaired) electrons. The molecule has 1 fully saturated rings. The van der Waals surface area contributed by atoms with E-state index in [2.05, 4.69) is 4.98 Å². The van der Waals surface area contributed by atoms with Crippen LogP contribution in [0.4, 0.5) is 0 Å². The van der Waals surface area contributed by atoms with Crippen LogP contribution in [-0.4, -0.2) is 42.0 Å². The Balaban J connectivity index is 2.13. The molecule has 1 aliphatic carbocycles. The minimum atomic E-state index is -3.59. The number of aliphatic hydroxyl groups is 1. The fourth-order valence-electron chi connectivity index (χ4n) is 2.39. The Morgan fingerprint density at radius 2 is 2.05 bits per heavy atom. The van der Waals surface area contributed by atoms with E-state index in [1.807, 2.05) is 0 Å². The highest BCUT2D eigenvalue weighted by Crippen LogP contribution is 2.33. The molecule has 1 N–H and O–H groups in total. The normalized spacial score (nSPS) is 15.9. The van der Waals surface area contributed by atoms with Crippen LogP contribution < -0.4 is 0 Å². The molecule has 0 unspecified atom stereocenters. The van der Waals surface area contributed by atoms with E-state index in [4.69, 9.17) is 5.11 Å². The summed E-state index contributed by atoms with van der Waals surface area (Å²) in [5.41, 5.74) is 0.660. The van der Waals surface area contributed by atoms with Crippen molar-refractivity contribution in [1.82, 2.24) is 9.29 Å². The maximum absolute atomic E-state index is 12.8. The molecule has 0 atom stereocenters. The predicted molar refractivity (Wildman–Crippen MR) is 75.7 cm³/mol. The van der Waals surface area contributed by atoms with Crippen LogP contribution in [0, 0.1) is 0 Å². The molecule has 0 saturated heterocycles. The van der Waals surface area contributed by atoms with Gasteiger partial charge in [-0.15, -0.1) is 0 Å².